The third-order valence-electron chi connectivity index (χ3n) is 1.51. The van der Waals surface area contributed by atoms with Gasteiger partial charge in [-0.25, -0.2) is 4.79 Å². The van der Waals surface area contributed by atoms with Crippen LogP contribution in [0, 0.1) is 0 Å². The van der Waals surface area contributed by atoms with Gasteiger partial charge in [0.25, 0.3) is 0 Å². The maximum Gasteiger partial charge on any atom is 0.362 e. The van der Waals surface area contributed by atoms with Gasteiger partial charge in [-0.3, -0.25) is 0 Å². The molecule has 0 saturated carbocycles. The van der Waals surface area contributed by atoms with Crippen molar-refractivity contribution >= 4 is 35.2 Å². The molecule has 0 fully saturated rings. The van der Waals surface area contributed by atoms with Gasteiger partial charge in [0, 0.05) is 16.9 Å². The monoisotopic (exact) mass is 233 g/mol. The fourth-order valence-electron chi connectivity index (χ4n) is 0.811. The molecule has 0 aromatic carbocycles. The fraction of sp³-hybridized carbons (Fsp3) is 0.500. The molecule has 14 heavy (non-hydrogen) atoms. The number of rotatable bonds is 3. The van der Waals surface area contributed by atoms with E-state index in [-0.39, 0.29) is 5.71 Å². The first-order valence-electron chi connectivity index (χ1n) is 4.15. The summed E-state index contributed by atoms with van der Waals surface area (Å²) >= 11 is 3.10. The van der Waals surface area contributed by atoms with Crippen molar-refractivity contribution in [2.24, 2.45) is 5.16 Å². The number of esters is 1. The van der Waals surface area contributed by atoms with Crippen LogP contribution in [-0.2, 0) is 9.53 Å². The minimum Gasteiger partial charge on any atom is -0.414 e. The summed E-state index contributed by atoms with van der Waals surface area (Å²) in [6, 6.07) is 0. The molecule has 0 aromatic rings. The Hall–Kier alpha value is -0.620. The van der Waals surface area contributed by atoms with Crippen molar-refractivity contribution in [3.05, 3.63) is 10.5 Å². The zero-order chi connectivity index (χ0) is 10.4. The van der Waals surface area contributed by atoms with Crippen molar-refractivity contribution in [1.29, 1.82) is 0 Å². The average molecular weight is 233 g/mol. The third-order valence-corrected chi connectivity index (χ3v) is 3.63. The van der Waals surface area contributed by atoms with Crippen molar-refractivity contribution < 1.29 is 14.7 Å². The van der Waals surface area contributed by atoms with E-state index in [1.807, 2.05) is 0 Å². The largest absolute Gasteiger partial charge is 0.414 e. The molecule has 0 saturated heterocycles. The van der Waals surface area contributed by atoms with E-state index in [1.54, 1.807) is 24.1 Å². The SMILES string of the molecule is CCC(=NO)C(=O)OC1=CSCCS1. The Labute approximate surface area is 90.8 Å². The molecule has 0 radical (unpaired) electrons. The van der Waals surface area contributed by atoms with Crippen molar-refractivity contribution in [2.45, 2.75) is 13.3 Å². The van der Waals surface area contributed by atoms with E-state index >= 15 is 0 Å². The summed E-state index contributed by atoms with van der Waals surface area (Å²) in [6.07, 6.45) is 0.362. The molecule has 0 atom stereocenters. The normalized spacial score (nSPS) is 17.5. The number of carbonyl (C=O) groups excluding carboxylic acids is 1. The lowest BCUT2D eigenvalue weighted by Gasteiger charge is -2.11. The van der Waals surface area contributed by atoms with E-state index in [9.17, 15) is 4.79 Å². The van der Waals surface area contributed by atoms with E-state index < -0.39 is 5.97 Å². The van der Waals surface area contributed by atoms with Crippen molar-refractivity contribution in [3.8, 4) is 0 Å². The molecule has 1 rings (SSSR count). The summed E-state index contributed by atoms with van der Waals surface area (Å²) in [7, 11) is 0. The number of carbonyl (C=O) groups is 1. The summed E-state index contributed by atoms with van der Waals surface area (Å²) in [5, 5.41) is 13.7. The number of oxime groups is 1. The molecule has 1 aliphatic heterocycles. The van der Waals surface area contributed by atoms with Crippen LogP contribution >= 0.6 is 23.5 Å². The van der Waals surface area contributed by atoms with Gasteiger partial charge in [0.1, 0.15) is 0 Å². The zero-order valence-corrected chi connectivity index (χ0v) is 9.36. The maximum absolute atomic E-state index is 11.3. The molecule has 6 heteroatoms. The van der Waals surface area contributed by atoms with Gasteiger partial charge in [-0.05, 0) is 6.42 Å². The van der Waals surface area contributed by atoms with Crippen LogP contribution in [0.25, 0.3) is 0 Å². The molecular formula is C8H11NO3S2. The molecule has 0 amide bonds. The molecule has 4 nitrogen and oxygen atoms in total. The second-order valence-electron chi connectivity index (χ2n) is 2.45. The van der Waals surface area contributed by atoms with Crippen LogP contribution in [0.4, 0.5) is 0 Å². The van der Waals surface area contributed by atoms with Crippen molar-refractivity contribution in [2.75, 3.05) is 11.5 Å². The lowest BCUT2D eigenvalue weighted by molar-refractivity contribution is -0.131. The number of hydrogen-bond acceptors (Lipinski definition) is 6. The number of ether oxygens (including phenoxy) is 1. The first kappa shape index (κ1) is 11.5. The second-order valence-corrected chi connectivity index (χ2v) is 4.52. The minimum absolute atomic E-state index is 0.0436. The zero-order valence-electron chi connectivity index (χ0n) is 7.73. The maximum atomic E-state index is 11.3. The summed E-state index contributed by atoms with van der Waals surface area (Å²) in [6.45, 7) is 1.73. The van der Waals surface area contributed by atoms with Crippen LogP contribution in [0.5, 0.6) is 0 Å². The van der Waals surface area contributed by atoms with Gasteiger partial charge in [-0.1, -0.05) is 23.8 Å². The molecule has 0 spiro atoms. The predicted octanol–water partition coefficient (Wildman–Crippen LogP) is 2.05. The smallest absolute Gasteiger partial charge is 0.362 e. The lowest BCUT2D eigenvalue weighted by atomic mass is 10.3. The topological polar surface area (TPSA) is 58.9 Å². The average Bonchev–Trinajstić information content (AvgIpc) is 2.21. The van der Waals surface area contributed by atoms with E-state index in [2.05, 4.69) is 5.16 Å². The number of hydrogen-bond donors (Lipinski definition) is 1. The molecule has 1 aliphatic rings. The lowest BCUT2D eigenvalue weighted by Crippen LogP contribution is -2.16. The summed E-state index contributed by atoms with van der Waals surface area (Å²) < 4.78 is 5.01. The van der Waals surface area contributed by atoms with Gasteiger partial charge in [-0.15, -0.1) is 11.8 Å². The first-order chi connectivity index (χ1) is 6.77. The molecule has 0 bridgehead atoms. The predicted molar refractivity (Wildman–Crippen MR) is 58.6 cm³/mol. The Bertz CT molecular complexity index is 276. The summed E-state index contributed by atoms with van der Waals surface area (Å²) in [5.41, 5.74) is 0.0436. The second kappa shape index (κ2) is 5.98. The van der Waals surface area contributed by atoms with E-state index in [1.165, 1.54) is 11.8 Å². The molecule has 0 aromatic heterocycles. The van der Waals surface area contributed by atoms with Gasteiger partial charge in [0.05, 0.1) is 0 Å². The van der Waals surface area contributed by atoms with E-state index in [4.69, 9.17) is 9.94 Å². The van der Waals surface area contributed by atoms with Crippen LogP contribution < -0.4 is 0 Å². The van der Waals surface area contributed by atoms with Crippen LogP contribution in [-0.4, -0.2) is 28.4 Å². The Morgan fingerprint density at radius 1 is 1.71 bits per heavy atom. The molecule has 78 valence electrons. The highest BCUT2D eigenvalue weighted by Gasteiger charge is 2.15. The number of thioether (sulfide) groups is 2. The number of nitrogens with zero attached hydrogens (tertiary/aromatic N) is 1. The standard InChI is InChI=1S/C8H11NO3S2/c1-2-6(9-11)8(10)12-7-5-13-3-4-14-7/h5,11H,2-4H2,1H3. The van der Waals surface area contributed by atoms with Crippen LogP contribution in [0.2, 0.25) is 0 Å². The highest BCUT2D eigenvalue weighted by Crippen LogP contribution is 2.27. The van der Waals surface area contributed by atoms with Crippen molar-refractivity contribution in [1.82, 2.24) is 0 Å². The van der Waals surface area contributed by atoms with Crippen LogP contribution in [0.1, 0.15) is 13.3 Å². The minimum atomic E-state index is -0.573. The highest BCUT2D eigenvalue weighted by atomic mass is 32.2. The molecule has 1 heterocycles. The van der Waals surface area contributed by atoms with Gasteiger partial charge in [0.15, 0.2) is 10.8 Å². The molecule has 0 unspecified atom stereocenters. The van der Waals surface area contributed by atoms with Gasteiger partial charge < -0.3 is 9.94 Å². The van der Waals surface area contributed by atoms with Crippen LogP contribution in [0.15, 0.2) is 15.7 Å². The van der Waals surface area contributed by atoms with Crippen molar-refractivity contribution in [3.63, 3.8) is 0 Å². The van der Waals surface area contributed by atoms with Gasteiger partial charge >= 0.3 is 5.97 Å². The van der Waals surface area contributed by atoms with E-state index in [0.717, 1.165) is 11.5 Å². The van der Waals surface area contributed by atoms with E-state index in [0.29, 0.717) is 11.5 Å². The van der Waals surface area contributed by atoms with Gasteiger partial charge in [-0.2, -0.15) is 0 Å². The summed E-state index contributed by atoms with van der Waals surface area (Å²) in [4.78, 5) is 11.3. The molecule has 0 aliphatic carbocycles. The third kappa shape index (κ3) is 3.26. The molecule has 1 N–H and O–H groups in total. The first-order valence-corrected chi connectivity index (χ1v) is 6.19. The quantitative estimate of drug-likeness (QED) is 0.350. The molecular weight excluding hydrogens is 222 g/mol. The Morgan fingerprint density at radius 3 is 3.00 bits per heavy atom. The van der Waals surface area contributed by atoms with Gasteiger partial charge in [0.2, 0.25) is 0 Å². The Balaban J connectivity index is 2.51. The van der Waals surface area contributed by atoms with Crippen LogP contribution in [0.3, 0.4) is 0 Å². The summed E-state index contributed by atoms with van der Waals surface area (Å²) in [5.74, 6) is 1.39. The Morgan fingerprint density at radius 2 is 2.50 bits per heavy atom. The fourth-order valence-corrected chi connectivity index (χ4v) is 2.64. The Kier molecular flexibility index (Phi) is 4.89. The highest BCUT2D eigenvalue weighted by molar-refractivity contribution is 8.09.